The van der Waals surface area contributed by atoms with E-state index in [0.29, 0.717) is 11.7 Å². The van der Waals surface area contributed by atoms with Crippen molar-refractivity contribution in [3.8, 4) is 11.5 Å². The van der Waals surface area contributed by atoms with Crippen LogP contribution in [0.4, 0.5) is 0 Å². The van der Waals surface area contributed by atoms with Crippen molar-refractivity contribution in [2.45, 2.75) is 20.3 Å². The van der Waals surface area contributed by atoms with Gasteiger partial charge in [-0.05, 0) is 35.7 Å². The summed E-state index contributed by atoms with van der Waals surface area (Å²) in [6.45, 7) is 4.28. The van der Waals surface area contributed by atoms with E-state index in [9.17, 15) is 0 Å². The minimum Gasteiger partial charge on any atom is -0.493 e. The van der Waals surface area contributed by atoms with Crippen LogP contribution >= 0.6 is 15.9 Å². The first-order valence-corrected chi connectivity index (χ1v) is 8.98. The lowest BCUT2D eigenvalue weighted by Crippen LogP contribution is -2.12. The molecule has 1 heterocycles. The Morgan fingerprint density at radius 2 is 1.60 bits per heavy atom. The summed E-state index contributed by atoms with van der Waals surface area (Å²) in [5, 5.41) is 9.13. The van der Waals surface area contributed by atoms with Gasteiger partial charge in [-0.3, -0.25) is 0 Å². The highest BCUT2D eigenvalue weighted by Crippen LogP contribution is 2.34. The first-order valence-electron chi connectivity index (χ1n) is 8.19. The van der Waals surface area contributed by atoms with E-state index in [1.165, 1.54) is 0 Å². The van der Waals surface area contributed by atoms with Gasteiger partial charge in [-0.1, -0.05) is 41.9 Å². The van der Waals surface area contributed by atoms with Crippen LogP contribution in [0.3, 0.4) is 0 Å². The fourth-order valence-electron chi connectivity index (χ4n) is 2.83. The van der Waals surface area contributed by atoms with E-state index < -0.39 is 0 Å². The van der Waals surface area contributed by atoms with Crippen LogP contribution in [0.15, 0.2) is 51.1 Å². The zero-order valence-corrected chi connectivity index (χ0v) is 16.4. The number of fused-ring (bicyclic) bond motifs is 1. The number of ether oxygens (including phenoxy) is 2. The average Bonchev–Trinajstić information content (AvgIpc) is 2.80. The topological polar surface area (TPSA) is 43.2 Å². The minimum absolute atomic E-state index is 0.328. The number of hydrogen-bond acceptors (Lipinski definition) is 4. The van der Waals surface area contributed by atoms with Gasteiger partial charge in [0, 0.05) is 27.7 Å². The molecule has 0 radical (unpaired) electrons. The Hall–Kier alpha value is -2.14. The van der Waals surface area contributed by atoms with Crippen molar-refractivity contribution in [1.29, 1.82) is 0 Å². The molecular formula is C20H21BrN2O2. The highest BCUT2D eigenvalue weighted by atomic mass is 79.9. The van der Waals surface area contributed by atoms with Crippen LogP contribution in [0.25, 0.3) is 0 Å². The summed E-state index contributed by atoms with van der Waals surface area (Å²) in [6.07, 6.45) is 0.747. The minimum atomic E-state index is 0.328. The van der Waals surface area contributed by atoms with Gasteiger partial charge < -0.3 is 9.47 Å². The summed E-state index contributed by atoms with van der Waals surface area (Å²) in [7, 11) is 3.30. The van der Waals surface area contributed by atoms with Crippen LogP contribution in [0.1, 0.15) is 30.5 Å². The second kappa shape index (κ2) is 7.40. The molecule has 0 saturated heterocycles. The van der Waals surface area contributed by atoms with Crippen molar-refractivity contribution < 1.29 is 9.47 Å². The number of methoxy groups -OCH3 is 2. The molecule has 1 aliphatic heterocycles. The van der Waals surface area contributed by atoms with E-state index >= 15 is 0 Å². The Morgan fingerprint density at radius 1 is 0.960 bits per heavy atom. The van der Waals surface area contributed by atoms with Gasteiger partial charge in [0.1, 0.15) is 5.71 Å². The zero-order chi connectivity index (χ0) is 18.0. The largest absolute Gasteiger partial charge is 0.493 e. The molecule has 0 N–H and O–H groups in total. The molecule has 2 aromatic carbocycles. The van der Waals surface area contributed by atoms with Gasteiger partial charge in [0.05, 0.1) is 14.2 Å². The molecule has 0 unspecified atom stereocenters. The lowest BCUT2D eigenvalue weighted by molar-refractivity contribution is 0.354. The lowest BCUT2D eigenvalue weighted by atomic mass is 9.92. The van der Waals surface area contributed by atoms with E-state index in [2.05, 4.69) is 40.0 Å². The first kappa shape index (κ1) is 17.7. The highest BCUT2D eigenvalue weighted by Gasteiger charge is 2.21. The van der Waals surface area contributed by atoms with E-state index in [0.717, 1.165) is 44.8 Å². The molecule has 0 aromatic heterocycles. The number of benzene rings is 2. The molecule has 2 aromatic rings. The molecule has 0 bridgehead atoms. The molecular weight excluding hydrogens is 380 g/mol. The molecule has 3 rings (SSSR count). The third-order valence-corrected chi connectivity index (χ3v) is 4.83. The molecule has 0 amide bonds. The third kappa shape index (κ3) is 3.61. The predicted octanol–water partition coefficient (Wildman–Crippen LogP) is 4.87. The predicted molar refractivity (Wildman–Crippen MR) is 105 cm³/mol. The molecule has 0 atom stereocenters. The third-order valence-electron chi connectivity index (χ3n) is 4.30. The van der Waals surface area contributed by atoms with Crippen LogP contribution in [-0.2, 0) is 6.42 Å². The molecule has 1 aliphatic rings. The Balaban J connectivity index is 2.21. The SMILES string of the molecule is COc1cc2c(cc1OC)C(c1ccc(Br)cc1)=NN=C(C(C)C)C2. The second-order valence-corrected chi connectivity index (χ2v) is 7.16. The lowest BCUT2D eigenvalue weighted by Gasteiger charge is -2.15. The monoisotopic (exact) mass is 400 g/mol. The average molecular weight is 401 g/mol. The molecule has 0 fully saturated rings. The van der Waals surface area contributed by atoms with Crippen LogP contribution in [0.5, 0.6) is 11.5 Å². The molecule has 0 spiro atoms. The molecule has 4 nitrogen and oxygen atoms in total. The van der Waals surface area contributed by atoms with Gasteiger partial charge in [-0.2, -0.15) is 5.10 Å². The maximum atomic E-state index is 5.50. The van der Waals surface area contributed by atoms with Crippen LogP contribution in [0, 0.1) is 5.92 Å². The van der Waals surface area contributed by atoms with E-state index in [-0.39, 0.29) is 0 Å². The van der Waals surface area contributed by atoms with Gasteiger partial charge in [-0.15, -0.1) is 5.10 Å². The first-order chi connectivity index (χ1) is 12.0. The molecule has 0 saturated carbocycles. The van der Waals surface area contributed by atoms with Crippen LogP contribution in [0.2, 0.25) is 0 Å². The van der Waals surface area contributed by atoms with E-state index in [1.807, 2.05) is 36.4 Å². The Bertz CT molecular complexity index is 840. The van der Waals surface area contributed by atoms with Crippen molar-refractivity contribution in [3.05, 3.63) is 57.6 Å². The van der Waals surface area contributed by atoms with Gasteiger partial charge in [-0.25, -0.2) is 0 Å². The summed E-state index contributed by atoms with van der Waals surface area (Å²) < 4.78 is 12.0. The van der Waals surface area contributed by atoms with Gasteiger partial charge in [0.2, 0.25) is 0 Å². The van der Waals surface area contributed by atoms with Crippen molar-refractivity contribution in [2.75, 3.05) is 14.2 Å². The van der Waals surface area contributed by atoms with Crippen LogP contribution in [-0.4, -0.2) is 25.6 Å². The summed E-state index contributed by atoms with van der Waals surface area (Å²) in [5.41, 5.74) is 5.09. The maximum Gasteiger partial charge on any atom is 0.161 e. The van der Waals surface area contributed by atoms with Crippen molar-refractivity contribution in [1.82, 2.24) is 0 Å². The van der Waals surface area contributed by atoms with Crippen molar-refractivity contribution in [2.24, 2.45) is 16.1 Å². The number of halogens is 1. The van der Waals surface area contributed by atoms with E-state index in [1.54, 1.807) is 14.2 Å². The van der Waals surface area contributed by atoms with E-state index in [4.69, 9.17) is 9.47 Å². The Kier molecular flexibility index (Phi) is 5.23. The number of nitrogens with zero attached hydrogens (tertiary/aromatic N) is 2. The van der Waals surface area contributed by atoms with Gasteiger partial charge in [0.15, 0.2) is 11.5 Å². The normalized spacial score (nSPS) is 13.7. The Morgan fingerprint density at radius 3 is 2.20 bits per heavy atom. The zero-order valence-electron chi connectivity index (χ0n) is 14.8. The molecule has 130 valence electrons. The maximum absolute atomic E-state index is 5.50. The highest BCUT2D eigenvalue weighted by molar-refractivity contribution is 9.10. The fraction of sp³-hybridized carbons (Fsp3) is 0.300. The summed E-state index contributed by atoms with van der Waals surface area (Å²) >= 11 is 3.48. The summed E-state index contributed by atoms with van der Waals surface area (Å²) in [4.78, 5) is 0. The smallest absolute Gasteiger partial charge is 0.161 e. The fourth-order valence-corrected chi connectivity index (χ4v) is 3.09. The standard InChI is InChI=1S/C20H21BrN2O2/c1-12(2)17-9-14-10-18(24-3)19(25-4)11-16(14)20(23-22-17)13-5-7-15(21)8-6-13/h5-8,10-12H,9H2,1-4H3. The van der Waals surface area contributed by atoms with Crippen LogP contribution < -0.4 is 9.47 Å². The molecule has 0 aliphatic carbocycles. The summed E-state index contributed by atoms with van der Waals surface area (Å²) in [5.74, 6) is 1.74. The Labute approximate surface area is 156 Å². The molecule has 5 heteroatoms. The second-order valence-electron chi connectivity index (χ2n) is 6.24. The van der Waals surface area contributed by atoms with Crippen molar-refractivity contribution in [3.63, 3.8) is 0 Å². The quantitative estimate of drug-likeness (QED) is 0.734. The number of rotatable bonds is 4. The van der Waals surface area contributed by atoms with Gasteiger partial charge in [0.25, 0.3) is 0 Å². The summed E-state index contributed by atoms with van der Waals surface area (Å²) in [6, 6.07) is 12.1. The molecule has 25 heavy (non-hydrogen) atoms. The van der Waals surface area contributed by atoms with Crippen molar-refractivity contribution >= 4 is 27.4 Å². The van der Waals surface area contributed by atoms with Gasteiger partial charge >= 0.3 is 0 Å². The number of hydrogen-bond donors (Lipinski definition) is 0.